The second kappa shape index (κ2) is 9.18. The van der Waals surface area contributed by atoms with Gasteiger partial charge in [0.2, 0.25) is 5.95 Å². The second-order valence-corrected chi connectivity index (χ2v) is 8.29. The zero-order chi connectivity index (χ0) is 23.7. The molecule has 0 saturated carbocycles. The van der Waals surface area contributed by atoms with Crippen LogP contribution in [0, 0.1) is 0 Å². The third-order valence-electron chi connectivity index (χ3n) is 5.84. The summed E-state index contributed by atoms with van der Waals surface area (Å²) < 4.78 is 10.8. The first-order chi connectivity index (χ1) is 16.6. The van der Waals surface area contributed by atoms with E-state index in [1.54, 1.807) is 20.4 Å². The van der Waals surface area contributed by atoms with Crippen LogP contribution in [0.3, 0.4) is 0 Å². The number of benzene rings is 2. The van der Waals surface area contributed by atoms with Crippen molar-refractivity contribution < 1.29 is 9.47 Å². The maximum absolute atomic E-state index is 6.17. The van der Waals surface area contributed by atoms with Crippen molar-refractivity contribution in [2.75, 3.05) is 55.9 Å². The van der Waals surface area contributed by atoms with E-state index in [0.29, 0.717) is 34.2 Å². The monoisotopic (exact) mass is 477 g/mol. The number of ether oxygens (including phenoxy) is 2. The normalized spacial score (nSPS) is 13.9. The molecule has 4 aromatic rings. The maximum atomic E-state index is 6.17. The summed E-state index contributed by atoms with van der Waals surface area (Å²) in [5.41, 5.74) is 9.72. The topological polar surface area (TPSA) is 103 Å². The molecule has 10 heteroatoms. The Kier molecular flexibility index (Phi) is 5.93. The Hall–Kier alpha value is -3.85. The number of halogens is 1. The molecule has 174 valence electrons. The predicted octanol–water partition coefficient (Wildman–Crippen LogP) is 3.67. The van der Waals surface area contributed by atoms with E-state index in [-0.39, 0.29) is 5.95 Å². The average molecular weight is 478 g/mol. The summed E-state index contributed by atoms with van der Waals surface area (Å²) in [5.74, 6) is 2.12. The van der Waals surface area contributed by atoms with Gasteiger partial charge in [0, 0.05) is 42.5 Å². The molecule has 0 radical (unpaired) electrons. The van der Waals surface area contributed by atoms with Crippen molar-refractivity contribution >= 4 is 40.2 Å². The quantitative estimate of drug-likeness (QED) is 0.461. The van der Waals surface area contributed by atoms with Crippen molar-refractivity contribution in [2.24, 2.45) is 0 Å². The number of anilines is 3. The molecular formula is C24H24ClN7O2. The first kappa shape index (κ1) is 22.0. The number of piperazine rings is 1. The SMILES string of the molecule is COc1ccc(-c2cnc3nc(N)nc(N4CCN(c5cccc(Cl)c5)CC4)c3n2)cc1OC. The van der Waals surface area contributed by atoms with Gasteiger partial charge >= 0.3 is 0 Å². The highest BCUT2D eigenvalue weighted by Gasteiger charge is 2.23. The fourth-order valence-electron chi connectivity index (χ4n) is 4.11. The van der Waals surface area contributed by atoms with Crippen LogP contribution < -0.4 is 25.0 Å². The lowest BCUT2D eigenvalue weighted by molar-refractivity contribution is 0.355. The molecule has 1 fully saturated rings. The molecule has 0 bridgehead atoms. The van der Waals surface area contributed by atoms with E-state index in [9.17, 15) is 0 Å². The fraction of sp³-hybridized carbons (Fsp3) is 0.250. The molecule has 0 spiro atoms. The van der Waals surface area contributed by atoms with Crippen LogP contribution in [-0.4, -0.2) is 60.3 Å². The Morgan fingerprint density at radius 3 is 2.38 bits per heavy atom. The molecule has 2 N–H and O–H groups in total. The molecule has 0 aliphatic carbocycles. The van der Waals surface area contributed by atoms with Crippen LogP contribution in [0.25, 0.3) is 22.4 Å². The highest BCUT2D eigenvalue weighted by atomic mass is 35.5. The van der Waals surface area contributed by atoms with Crippen LogP contribution in [0.15, 0.2) is 48.7 Å². The molecular weight excluding hydrogens is 454 g/mol. The molecule has 3 heterocycles. The zero-order valence-electron chi connectivity index (χ0n) is 18.9. The van der Waals surface area contributed by atoms with Gasteiger partial charge in [-0.25, -0.2) is 9.97 Å². The van der Waals surface area contributed by atoms with Crippen LogP contribution in [0.1, 0.15) is 0 Å². The molecule has 34 heavy (non-hydrogen) atoms. The molecule has 9 nitrogen and oxygen atoms in total. The number of methoxy groups -OCH3 is 2. The third-order valence-corrected chi connectivity index (χ3v) is 6.07. The van der Waals surface area contributed by atoms with Gasteiger partial charge in [0.25, 0.3) is 0 Å². The smallest absolute Gasteiger partial charge is 0.224 e. The minimum Gasteiger partial charge on any atom is -0.493 e. The molecule has 1 aliphatic heterocycles. The average Bonchev–Trinajstić information content (AvgIpc) is 2.87. The Bertz CT molecular complexity index is 1340. The molecule has 0 unspecified atom stereocenters. The first-order valence-corrected chi connectivity index (χ1v) is 11.2. The number of rotatable bonds is 5. The van der Waals surface area contributed by atoms with Crippen molar-refractivity contribution in [1.29, 1.82) is 0 Å². The first-order valence-electron chi connectivity index (χ1n) is 10.8. The lowest BCUT2D eigenvalue weighted by Crippen LogP contribution is -2.47. The molecule has 2 aromatic carbocycles. The van der Waals surface area contributed by atoms with Crippen molar-refractivity contribution in [1.82, 2.24) is 19.9 Å². The lowest BCUT2D eigenvalue weighted by atomic mass is 10.1. The van der Waals surface area contributed by atoms with E-state index in [2.05, 4.69) is 30.8 Å². The molecule has 2 aromatic heterocycles. The van der Waals surface area contributed by atoms with Crippen molar-refractivity contribution in [3.63, 3.8) is 0 Å². The summed E-state index contributed by atoms with van der Waals surface area (Å²) in [5, 5.41) is 0.729. The van der Waals surface area contributed by atoms with Gasteiger partial charge in [-0.05, 0) is 36.4 Å². The number of hydrogen-bond donors (Lipinski definition) is 1. The van der Waals surface area contributed by atoms with Crippen LogP contribution in [-0.2, 0) is 0 Å². The van der Waals surface area contributed by atoms with Gasteiger partial charge in [-0.2, -0.15) is 9.97 Å². The van der Waals surface area contributed by atoms with Crippen LogP contribution >= 0.6 is 11.6 Å². The van der Waals surface area contributed by atoms with Gasteiger partial charge in [0.1, 0.15) is 0 Å². The van der Waals surface area contributed by atoms with E-state index >= 15 is 0 Å². The van der Waals surface area contributed by atoms with Crippen LogP contribution in [0.4, 0.5) is 17.5 Å². The van der Waals surface area contributed by atoms with Gasteiger partial charge in [-0.1, -0.05) is 17.7 Å². The van der Waals surface area contributed by atoms with E-state index in [1.165, 1.54) is 0 Å². The summed E-state index contributed by atoms with van der Waals surface area (Å²) in [7, 11) is 3.21. The number of nitrogens with two attached hydrogens (primary N) is 1. The third kappa shape index (κ3) is 4.22. The Morgan fingerprint density at radius 2 is 1.65 bits per heavy atom. The summed E-state index contributed by atoms with van der Waals surface area (Å²) in [6, 6.07) is 13.5. The van der Waals surface area contributed by atoms with Crippen molar-refractivity contribution in [2.45, 2.75) is 0 Å². The van der Waals surface area contributed by atoms with Crippen LogP contribution in [0.2, 0.25) is 5.02 Å². The number of fused-ring (bicyclic) bond motifs is 1. The summed E-state index contributed by atoms with van der Waals surface area (Å²) in [4.78, 5) is 22.7. The lowest BCUT2D eigenvalue weighted by Gasteiger charge is -2.36. The van der Waals surface area contributed by atoms with E-state index in [4.69, 9.17) is 31.8 Å². The maximum Gasteiger partial charge on any atom is 0.224 e. The number of aromatic nitrogens is 4. The molecule has 1 aliphatic rings. The zero-order valence-corrected chi connectivity index (χ0v) is 19.7. The van der Waals surface area contributed by atoms with E-state index in [1.807, 2.05) is 36.4 Å². The van der Waals surface area contributed by atoms with E-state index < -0.39 is 0 Å². The molecule has 1 saturated heterocycles. The van der Waals surface area contributed by atoms with Crippen molar-refractivity contribution in [3.8, 4) is 22.8 Å². The summed E-state index contributed by atoms with van der Waals surface area (Å²) in [6.07, 6.45) is 1.68. The van der Waals surface area contributed by atoms with Crippen LogP contribution in [0.5, 0.6) is 11.5 Å². The van der Waals surface area contributed by atoms with Gasteiger partial charge in [0.05, 0.1) is 26.1 Å². The Balaban J connectivity index is 1.47. The van der Waals surface area contributed by atoms with E-state index in [0.717, 1.165) is 42.5 Å². The minimum absolute atomic E-state index is 0.174. The molecule has 0 amide bonds. The Morgan fingerprint density at radius 1 is 0.882 bits per heavy atom. The largest absolute Gasteiger partial charge is 0.493 e. The number of nitrogens with zero attached hydrogens (tertiary/aromatic N) is 6. The van der Waals surface area contributed by atoms with Gasteiger partial charge in [-0.15, -0.1) is 0 Å². The number of hydrogen-bond acceptors (Lipinski definition) is 9. The standard InChI is InChI=1S/C24H24ClN7O2/c1-33-19-7-6-15(12-20(19)34-2)18-14-27-22-21(28-18)23(30-24(26)29-22)32-10-8-31(9-11-32)17-5-3-4-16(25)13-17/h3-7,12-14H,8-11H2,1-2H3,(H2,26,27,29,30). The van der Waals surface area contributed by atoms with Gasteiger partial charge in [0.15, 0.2) is 28.5 Å². The number of nitrogen functional groups attached to an aromatic ring is 1. The molecule has 5 rings (SSSR count). The Labute approximate surface area is 202 Å². The fourth-order valence-corrected chi connectivity index (χ4v) is 4.30. The van der Waals surface area contributed by atoms with Gasteiger partial charge < -0.3 is 25.0 Å². The highest BCUT2D eigenvalue weighted by molar-refractivity contribution is 6.30. The summed E-state index contributed by atoms with van der Waals surface area (Å²) in [6.45, 7) is 3.13. The summed E-state index contributed by atoms with van der Waals surface area (Å²) >= 11 is 6.17. The predicted molar refractivity (Wildman–Crippen MR) is 134 cm³/mol. The minimum atomic E-state index is 0.174. The van der Waals surface area contributed by atoms with Gasteiger partial charge in [-0.3, -0.25) is 0 Å². The van der Waals surface area contributed by atoms with Crippen molar-refractivity contribution in [3.05, 3.63) is 53.7 Å². The highest BCUT2D eigenvalue weighted by Crippen LogP contribution is 2.33. The molecule has 0 atom stereocenters. The second-order valence-electron chi connectivity index (χ2n) is 7.86.